The number of hydrogen-bond acceptors (Lipinski definition) is 3. The molecular formula is C14H20F9N3O3Si. The summed E-state index contributed by atoms with van der Waals surface area (Å²) in [6.07, 6.45) is -16.8. The molecule has 0 radical (unpaired) electrons. The average Bonchev–Trinajstić information content (AvgIpc) is 2.59. The van der Waals surface area contributed by atoms with E-state index in [9.17, 15) is 53.9 Å². The van der Waals surface area contributed by atoms with Gasteiger partial charge in [-0.15, -0.1) is 0 Å². The molecule has 0 bridgehead atoms. The second-order valence-corrected chi connectivity index (χ2v) is 10.4. The van der Waals surface area contributed by atoms with Gasteiger partial charge in [0.05, 0.1) is 0 Å². The van der Waals surface area contributed by atoms with Gasteiger partial charge >= 0.3 is 44.8 Å². The first kappa shape index (κ1) is 28.0. The Balaban J connectivity index is 6.87. The zero-order chi connectivity index (χ0) is 24.3. The predicted molar refractivity (Wildman–Crippen MR) is 86.6 cm³/mol. The molecule has 176 valence electrons. The van der Waals surface area contributed by atoms with Crippen LogP contribution in [-0.2, 0) is 14.4 Å². The highest BCUT2D eigenvalue weighted by molar-refractivity contribution is 6.77. The summed E-state index contributed by atoms with van der Waals surface area (Å²) in [4.78, 5) is 35.4. The third-order valence-corrected chi connectivity index (χ3v) is 9.23. The van der Waals surface area contributed by atoms with E-state index >= 15 is 0 Å². The zero-order valence-electron chi connectivity index (χ0n) is 16.3. The lowest BCUT2D eigenvalue weighted by Gasteiger charge is -2.49. The van der Waals surface area contributed by atoms with Crippen molar-refractivity contribution in [2.24, 2.45) is 0 Å². The first-order chi connectivity index (χ1) is 13.3. The van der Waals surface area contributed by atoms with Crippen molar-refractivity contribution in [2.75, 3.05) is 21.1 Å². The normalized spacial score (nSPS) is 13.1. The Morgan fingerprint density at radius 2 is 0.900 bits per heavy atom. The molecule has 0 aliphatic heterocycles. The maximum Gasteiger partial charge on any atom is 0.470 e. The number of hydrogen-bond donors (Lipinski definition) is 0. The topological polar surface area (TPSA) is 60.9 Å². The first-order valence-corrected chi connectivity index (χ1v) is 10.4. The van der Waals surface area contributed by atoms with Gasteiger partial charge in [-0.2, -0.15) is 39.5 Å². The van der Waals surface area contributed by atoms with Gasteiger partial charge in [-0.25, -0.2) is 0 Å². The lowest BCUT2D eigenvalue weighted by atomic mass is 10.3. The van der Waals surface area contributed by atoms with Gasteiger partial charge < -0.3 is 13.7 Å². The number of alkyl halides is 9. The summed E-state index contributed by atoms with van der Waals surface area (Å²) in [7, 11) is -4.39. The molecule has 0 saturated carbocycles. The maximum absolute atomic E-state index is 13.0. The van der Waals surface area contributed by atoms with Gasteiger partial charge in [-0.1, -0.05) is 26.2 Å². The highest BCUT2D eigenvalue weighted by Crippen LogP contribution is 2.34. The molecule has 0 aromatic rings. The van der Waals surface area contributed by atoms with Crippen molar-refractivity contribution in [3.63, 3.8) is 0 Å². The fourth-order valence-electron chi connectivity index (χ4n) is 2.85. The number of rotatable bonds is 7. The Kier molecular flexibility index (Phi) is 8.80. The van der Waals surface area contributed by atoms with Crippen LogP contribution in [0.1, 0.15) is 26.2 Å². The summed E-state index contributed by atoms with van der Waals surface area (Å²) in [6, 6.07) is -0.865. The first-order valence-electron chi connectivity index (χ1n) is 8.31. The minimum absolute atomic E-state index is 0.144. The third kappa shape index (κ3) is 6.01. The Morgan fingerprint density at radius 3 is 1.10 bits per heavy atom. The maximum atomic E-state index is 13.0. The molecule has 0 saturated heterocycles. The van der Waals surface area contributed by atoms with E-state index in [4.69, 9.17) is 0 Å². The van der Waals surface area contributed by atoms with E-state index in [1.165, 1.54) is 0 Å². The van der Waals surface area contributed by atoms with Crippen LogP contribution in [0.3, 0.4) is 0 Å². The SMILES string of the molecule is CCCCC[Si](N(C)C(=O)C(F)(F)F)(N(C)C(=O)C(F)(F)F)N(C)C(=O)C(F)(F)F. The van der Waals surface area contributed by atoms with Crippen molar-refractivity contribution in [3.8, 4) is 0 Å². The summed E-state index contributed by atoms with van der Waals surface area (Å²) >= 11 is 0. The van der Waals surface area contributed by atoms with Crippen LogP contribution in [0.15, 0.2) is 0 Å². The molecule has 0 aliphatic rings. The van der Waals surface area contributed by atoms with E-state index in [0.29, 0.717) is 27.6 Å². The molecule has 16 heteroatoms. The lowest BCUT2D eigenvalue weighted by Crippen LogP contribution is -2.78. The summed E-state index contributed by atoms with van der Waals surface area (Å²) in [6.45, 7) is 1.59. The molecule has 0 rings (SSSR count). The van der Waals surface area contributed by atoms with Crippen molar-refractivity contribution in [3.05, 3.63) is 0 Å². The molecular weight excluding hydrogens is 457 g/mol. The van der Waals surface area contributed by atoms with Crippen LogP contribution in [0.2, 0.25) is 6.04 Å². The number of carbonyl (C=O) groups excluding carboxylic acids is 3. The molecule has 0 spiro atoms. The van der Waals surface area contributed by atoms with Gasteiger partial charge in [0.2, 0.25) is 0 Å². The van der Waals surface area contributed by atoms with Gasteiger partial charge in [0.1, 0.15) is 0 Å². The van der Waals surface area contributed by atoms with E-state index in [1.807, 2.05) is 0 Å². The van der Waals surface area contributed by atoms with Crippen LogP contribution in [0.25, 0.3) is 0 Å². The summed E-state index contributed by atoms with van der Waals surface area (Å²) in [5.41, 5.74) is 0. The Morgan fingerprint density at radius 1 is 0.633 bits per heavy atom. The van der Waals surface area contributed by atoms with Crippen LogP contribution >= 0.6 is 0 Å². The molecule has 0 atom stereocenters. The molecule has 0 N–H and O–H groups in total. The van der Waals surface area contributed by atoms with Crippen LogP contribution in [0.4, 0.5) is 39.5 Å². The molecule has 0 unspecified atom stereocenters. The number of carbonyl (C=O) groups is 3. The number of unbranched alkanes of at least 4 members (excludes halogenated alkanes) is 2. The predicted octanol–water partition coefficient (Wildman–Crippen LogP) is 3.18. The van der Waals surface area contributed by atoms with Crippen molar-refractivity contribution in [1.29, 1.82) is 0 Å². The quantitative estimate of drug-likeness (QED) is 0.322. The van der Waals surface area contributed by atoms with E-state index in [0.717, 1.165) is 0 Å². The van der Waals surface area contributed by atoms with E-state index < -0.39 is 50.9 Å². The summed E-state index contributed by atoms with van der Waals surface area (Å²) < 4.78 is 116. The molecule has 0 fully saturated rings. The molecule has 3 amide bonds. The van der Waals surface area contributed by atoms with Gasteiger partial charge in [-0.3, -0.25) is 14.4 Å². The van der Waals surface area contributed by atoms with Crippen LogP contribution in [0.5, 0.6) is 0 Å². The molecule has 0 aromatic carbocycles. The summed E-state index contributed by atoms with van der Waals surface area (Å²) in [5.74, 6) is -8.35. The van der Waals surface area contributed by atoms with Crippen molar-refractivity contribution < 1.29 is 53.9 Å². The van der Waals surface area contributed by atoms with Gasteiger partial charge in [0, 0.05) is 21.1 Å². The highest BCUT2D eigenvalue weighted by atomic mass is 28.4. The smallest absolute Gasteiger partial charge is 0.330 e. The minimum Gasteiger partial charge on any atom is -0.330 e. The molecule has 0 heterocycles. The standard InChI is InChI=1S/C14H20F9N3O3Si/c1-5-6-7-8-30(24(2)9(27)12(15,16)17,25(3)10(28)13(18,19)20)26(4)11(29)14(21,22)23/h5-8H2,1-4H3. The largest absolute Gasteiger partial charge is 0.470 e. The van der Waals surface area contributed by atoms with Crippen LogP contribution < -0.4 is 0 Å². The summed E-state index contributed by atoms with van der Waals surface area (Å²) in [5, 5.41) is 0. The van der Waals surface area contributed by atoms with E-state index in [-0.39, 0.29) is 26.5 Å². The second kappa shape index (κ2) is 9.43. The Hall–Kier alpha value is -2.00. The number of halogens is 9. The number of amides is 3. The van der Waals surface area contributed by atoms with Crippen LogP contribution in [-0.4, -0.2) is 79.6 Å². The van der Waals surface area contributed by atoms with Gasteiger partial charge in [0.15, 0.2) is 0 Å². The minimum atomic E-state index is -5.68. The second-order valence-electron chi connectivity index (χ2n) is 6.32. The Bertz CT molecular complexity index is 570. The fraction of sp³-hybridized carbons (Fsp3) is 0.786. The molecule has 30 heavy (non-hydrogen) atoms. The highest BCUT2D eigenvalue weighted by Gasteiger charge is 2.63. The van der Waals surface area contributed by atoms with Crippen molar-refractivity contribution in [2.45, 2.75) is 50.8 Å². The van der Waals surface area contributed by atoms with Gasteiger partial charge in [0.25, 0.3) is 0 Å². The fourth-order valence-corrected chi connectivity index (χ4v) is 7.29. The molecule has 6 nitrogen and oxygen atoms in total. The monoisotopic (exact) mass is 477 g/mol. The number of nitrogens with zero attached hydrogens (tertiary/aromatic N) is 3. The van der Waals surface area contributed by atoms with Crippen molar-refractivity contribution in [1.82, 2.24) is 13.7 Å². The van der Waals surface area contributed by atoms with E-state index in [1.54, 1.807) is 6.92 Å². The van der Waals surface area contributed by atoms with Gasteiger partial charge in [-0.05, 0) is 6.04 Å². The Labute approximate surface area is 166 Å². The van der Waals surface area contributed by atoms with Crippen molar-refractivity contribution >= 4 is 26.3 Å². The molecule has 0 aliphatic carbocycles. The third-order valence-electron chi connectivity index (χ3n) is 4.37. The average molecular weight is 477 g/mol. The van der Waals surface area contributed by atoms with E-state index in [2.05, 4.69) is 0 Å². The molecule has 0 aromatic heterocycles. The van der Waals surface area contributed by atoms with Crippen LogP contribution in [0, 0.1) is 0 Å². The zero-order valence-corrected chi connectivity index (χ0v) is 17.3. The lowest BCUT2D eigenvalue weighted by molar-refractivity contribution is -0.187.